The number of rotatable bonds is 6. The molecule has 0 aliphatic carbocycles. The number of thiophene rings is 1. The van der Waals surface area contributed by atoms with Gasteiger partial charge in [0, 0.05) is 19.5 Å². The molecule has 1 aliphatic heterocycles. The zero-order chi connectivity index (χ0) is 13.8. The highest BCUT2D eigenvalue weighted by molar-refractivity contribution is 7.18. The van der Waals surface area contributed by atoms with Crippen LogP contribution in [0.5, 0.6) is 0 Å². The van der Waals surface area contributed by atoms with Crippen LogP contribution in [0, 0.1) is 5.92 Å². The van der Waals surface area contributed by atoms with Crippen LogP contribution in [-0.2, 0) is 0 Å². The molecule has 2 rings (SSSR count). The summed E-state index contributed by atoms with van der Waals surface area (Å²) in [6, 6.07) is 1.89. The Bertz CT molecular complexity index is 444. The molecule has 1 aliphatic rings. The number of nitrogen functional groups attached to an aromatic ring is 1. The fourth-order valence-corrected chi connectivity index (χ4v) is 3.48. The smallest absolute Gasteiger partial charge is 0.174 e. The highest BCUT2D eigenvalue weighted by Crippen LogP contribution is 2.30. The van der Waals surface area contributed by atoms with Crippen molar-refractivity contribution in [2.75, 3.05) is 37.2 Å². The molecule has 0 saturated carbocycles. The second kappa shape index (κ2) is 6.39. The molecule has 1 aromatic heterocycles. The molecule has 0 amide bonds. The van der Waals surface area contributed by atoms with E-state index in [9.17, 15) is 4.79 Å². The van der Waals surface area contributed by atoms with E-state index >= 15 is 0 Å². The number of carbonyl (C=O) groups is 1. The van der Waals surface area contributed by atoms with E-state index in [1.54, 1.807) is 0 Å². The van der Waals surface area contributed by atoms with E-state index in [0.717, 1.165) is 18.1 Å². The summed E-state index contributed by atoms with van der Waals surface area (Å²) < 4.78 is 0. The van der Waals surface area contributed by atoms with Gasteiger partial charge in [-0.1, -0.05) is 13.8 Å². The number of carbonyl (C=O) groups excluding carboxylic acids is 1. The summed E-state index contributed by atoms with van der Waals surface area (Å²) in [6.07, 6.45) is 1.76. The normalized spacial score (nSPS) is 19.8. The molecule has 0 bridgehead atoms. The van der Waals surface area contributed by atoms with E-state index in [2.05, 4.69) is 17.1 Å². The van der Waals surface area contributed by atoms with Crippen molar-refractivity contribution in [3.63, 3.8) is 0 Å². The number of anilines is 2. The van der Waals surface area contributed by atoms with Crippen LogP contribution in [0.3, 0.4) is 0 Å². The van der Waals surface area contributed by atoms with Gasteiger partial charge < -0.3 is 16.0 Å². The number of nitrogens with zero attached hydrogens (tertiary/aromatic N) is 1. The van der Waals surface area contributed by atoms with Gasteiger partial charge in [-0.15, -0.1) is 11.3 Å². The minimum atomic E-state index is 0.133. The van der Waals surface area contributed by atoms with Gasteiger partial charge in [-0.05, 0) is 31.5 Å². The van der Waals surface area contributed by atoms with Crippen molar-refractivity contribution in [1.29, 1.82) is 0 Å². The molecule has 1 unspecified atom stereocenters. The topological polar surface area (TPSA) is 58.4 Å². The van der Waals surface area contributed by atoms with Crippen LogP contribution in [0.2, 0.25) is 0 Å². The summed E-state index contributed by atoms with van der Waals surface area (Å²) in [5.74, 6) is 0.835. The molecule has 1 aromatic rings. The Hall–Kier alpha value is -1.07. The van der Waals surface area contributed by atoms with E-state index in [4.69, 9.17) is 5.73 Å². The predicted octanol–water partition coefficient (Wildman–Crippen LogP) is 2.68. The standard InChI is InChI=1S/C14H23N3OS/c1-3-12(18)14-11(15)7-13(19-14)16-8-10-5-6-17(4-2)9-10/h7,10,16H,3-6,8-9,15H2,1-2H3. The molecular formula is C14H23N3OS. The molecular weight excluding hydrogens is 258 g/mol. The zero-order valence-corrected chi connectivity index (χ0v) is 12.6. The number of nitrogens with one attached hydrogen (secondary N) is 1. The molecule has 1 saturated heterocycles. The zero-order valence-electron chi connectivity index (χ0n) is 11.7. The van der Waals surface area contributed by atoms with Gasteiger partial charge in [0.05, 0.1) is 15.6 Å². The van der Waals surface area contributed by atoms with Crippen molar-refractivity contribution in [2.24, 2.45) is 5.92 Å². The van der Waals surface area contributed by atoms with Gasteiger partial charge in [-0.3, -0.25) is 4.79 Å². The van der Waals surface area contributed by atoms with Crippen LogP contribution >= 0.6 is 11.3 Å². The lowest BCUT2D eigenvalue weighted by atomic mass is 10.1. The SMILES string of the molecule is CCC(=O)c1sc(NCC2CCN(CC)C2)cc1N. The third kappa shape index (κ3) is 3.48. The summed E-state index contributed by atoms with van der Waals surface area (Å²) in [6.45, 7) is 8.55. The van der Waals surface area contributed by atoms with E-state index in [0.29, 0.717) is 22.9 Å². The van der Waals surface area contributed by atoms with Crippen LogP contribution in [0.25, 0.3) is 0 Å². The lowest BCUT2D eigenvalue weighted by Gasteiger charge is -2.13. The highest BCUT2D eigenvalue weighted by atomic mass is 32.1. The molecule has 4 nitrogen and oxygen atoms in total. The van der Waals surface area contributed by atoms with Crippen molar-refractivity contribution in [1.82, 2.24) is 4.90 Å². The summed E-state index contributed by atoms with van der Waals surface area (Å²) in [5.41, 5.74) is 6.50. The summed E-state index contributed by atoms with van der Waals surface area (Å²) in [5, 5.41) is 4.45. The lowest BCUT2D eigenvalue weighted by molar-refractivity contribution is 0.0993. The number of Topliss-reactive ketones (excluding diaryl/α,β-unsaturated/α-hetero) is 1. The average Bonchev–Trinajstić information content (AvgIpc) is 3.01. The molecule has 106 valence electrons. The number of likely N-dealkylation sites (tertiary alicyclic amines) is 1. The number of ketones is 1. The summed E-state index contributed by atoms with van der Waals surface area (Å²) in [7, 11) is 0. The van der Waals surface area contributed by atoms with Crippen molar-refractivity contribution >= 4 is 27.8 Å². The Balaban J connectivity index is 1.88. The van der Waals surface area contributed by atoms with Crippen LogP contribution in [0.4, 0.5) is 10.7 Å². The van der Waals surface area contributed by atoms with Gasteiger partial charge in [0.2, 0.25) is 0 Å². The van der Waals surface area contributed by atoms with E-state index in [1.807, 2.05) is 13.0 Å². The molecule has 5 heteroatoms. The van der Waals surface area contributed by atoms with Crippen molar-refractivity contribution < 1.29 is 4.79 Å². The Kier molecular flexibility index (Phi) is 4.82. The molecule has 0 radical (unpaired) electrons. The van der Waals surface area contributed by atoms with Crippen molar-refractivity contribution in [3.05, 3.63) is 10.9 Å². The maximum Gasteiger partial charge on any atom is 0.174 e. The van der Waals surface area contributed by atoms with Crippen LogP contribution in [-0.4, -0.2) is 36.9 Å². The molecule has 2 heterocycles. The first kappa shape index (κ1) is 14.3. The summed E-state index contributed by atoms with van der Waals surface area (Å²) in [4.78, 5) is 14.9. The second-order valence-corrected chi connectivity index (χ2v) is 6.15. The average molecular weight is 281 g/mol. The Labute approximate surface area is 119 Å². The van der Waals surface area contributed by atoms with Crippen LogP contribution in [0.15, 0.2) is 6.07 Å². The van der Waals surface area contributed by atoms with E-state index < -0.39 is 0 Å². The number of hydrogen-bond donors (Lipinski definition) is 2. The van der Waals surface area contributed by atoms with Gasteiger partial charge in [-0.2, -0.15) is 0 Å². The van der Waals surface area contributed by atoms with Crippen molar-refractivity contribution in [3.8, 4) is 0 Å². The van der Waals surface area contributed by atoms with Gasteiger partial charge in [0.15, 0.2) is 5.78 Å². The Morgan fingerprint density at radius 1 is 1.58 bits per heavy atom. The molecule has 1 fully saturated rings. The third-order valence-corrected chi connectivity index (χ3v) is 4.87. The Morgan fingerprint density at radius 3 is 3.00 bits per heavy atom. The van der Waals surface area contributed by atoms with Gasteiger partial charge in [0.25, 0.3) is 0 Å². The molecule has 19 heavy (non-hydrogen) atoms. The second-order valence-electron chi connectivity index (χ2n) is 5.10. The molecule has 1 atom stereocenters. The van der Waals surface area contributed by atoms with Crippen LogP contribution in [0.1, 0.15) is 36.4 Å². The first-order valence-electron chi connectivity index (χ1n) is 7.02. The third-order valence-electron chi connectivity index (χ3n) is 3.72. The molecule has 3 N–H and O–H groups in total. The monoisotopic (exact) mass is 281 g/mol. The fourth-order valence-electron chi connectivity index (χ4n) is 2.48. The Morgan fingerprint density at radius 2 is 2.37 bits per heavy atom. The van der Waals surface area contributed by atoms with E-state index in [1.165, 1.54) is 30.8 Å². The quantitative estimate of drug-likeness (QED) is 0.787. The predicted molar refractivity (Wildman–Crippen MR) is 82.1 cm³/mol. The van der Waals surface area contributed by atoms with Gasteiger partial charge >= 0.3 is 0 Å². The highest BCUT2D eigenvalue weighted by Gasteiger charge is 2.21. The lowest BCUT2D eigenvalue weighted by Crippen LogP contribution is -2.22. The minimum Gasteiger partial charge on any atom is -0.397 e. The fraction of sp³-hybridized carbons (Fsp3) is 0.643. The number of hydrogen-bond acceptors (Lipinski definition) is 5. The number of nitrogens with two attached hydrogens (primary N) is 1. The van der Waals surface area contributed by atoms with Crippen LogP contribution < -0.4 is 11.1 Å². The van der Waals surface area contributed by atoms with Gasteiger partial charge in [0.1, 0.15) is 0 Å². The molecule has 0 spiro atoms. The first-order valence-corrected chi connectivity index (χ1v) is 7.84. The largest absolute Gasteiger partial charge is 0.397 e. The van der Waals surface area contributed by atoms with Crippen molar-refractivity contribution in [2.45, 2.75) is 26.7 Å². The maximum absolute atomic E-state index is 11.7. The maximum atomic E-state index is 11.7. The first-order chi connectivity index (χ1) is 9.13. The molecule has 0 aromatic carbocycles. The van der Waals surface area contributed by atoms with E-state index in [-0.39, 0.29) is 5.78 Å². The van der Waals surface area contributed by atoms with Gasteiger partial charge in [-0.25, -0.2) is 0 Å². The summed E-state index contributed by atoms with van der Waals surface area (Å²) >= 11 is 1.48. The minimum absolute atomic E-state index is 0.133.